The van der Waals surface area contributed by atoms with E-state index in [1.54, 1.807) is 6.07 Å². The van der Waals surface area contributed by atoms with Crippen molar-refractivity contribution in [3.8, 4) is 5.75 Å². The summed E-state index contributed by atoms with van der Waals surface area (Å²) in [5.41, 5.74) is 1.12. The van der Waals surface area contributed by atoms with E-state index in [2.05, 4.69) is 22.8 Å². The van der Waals surface area contributed by atoms with Crippen molar-refractivity contribution in [3.05, 3.63) is 36.4 Å². The highest BCUT2D eigenvalue weighted by Crippen LogP contribution is 2.30. The smallest absolute Gasteiger partial charge is 0.123 e. The van der Waals surface area contributed by atoms with Gasteiger partial charge in [0.2, 0.25) is 0 Å². The molecule has 3 heteroatoms. The van der Waals surface area contributed by atoms with Crippen molar-refractivity contribution in [2.45, 2.75) is 18.9 Å². The minimum absolute atomic E-state index is 0.349. The van der Waals surface area contributed by atoms with E-state index in [-0.39, 0.29) is 0 Å². The summed E-state index contributed by atoms with van der Waals surface area (Å²) in [6.45, 7) is 2.15. The van der Waals surface area contributed by atoms with Crippen LogP contribution >= 0.6 is 0 Å². The van der Waals surface area contributed by atoms with Gasteiger partial charge in [0.25, 0.3) is 0 Å². The zero-order valence-corrected chi connectivity index (χ0v) is 10.3. The van der Waals surface area contributed by atoms with Crippen molar-refractivity contribution in [3.63, 3.8) is 0 Å². The van der Waals surface area contributed by atoms with Crippen molar-refractivity contribution in [1.82, 2.24) is 5.32 Å². The molecule has 1 aliphatic heterocycles. The van der Waals surface area contributed by atoms with Gasteiger partial charge in [-0.2, -0.15) is 0 Å². The van der Waals surface area contributed by atoms with Crippen molar-refractivity contribution in [2.75, 3.05) is 18.4 Å². The largest absolute Gasteiger partial charge is 0.507 e. The lowest BCUT2D eigenvalue weighted by Crippen LogP contribution is -2.35. The molecular weight excluding hydrogens is 224 g/mol. The molecule has 0 atom stereocenters. The van der Waals surface area contributed by atoms with E-state index in [1.165, 1.54) is 0 Å². The first-order valence-corrected chi connectivity index (χ1v) is 6.52. The standard InChI is InChI=1S/C15H18N2O/c18-15-6-2-3-12-13(15)4-1-5-14(12)17-11-7-9-16-10-8-11/h1-6,11,16-18H,7-10H2. The Morgan fingerprint density at radius 2 is 1.72 bits per heavy atom. The molecule has 3 nitrogen and oxygen atoms in total. The predicted molar refractivity (Wildman–Crippen MR) is 75.1 cm³/mol. The number of nitrogens with one attached hydrogen (secondary N) is 2. The third kappa shape index (κ3) is 2.14. The van der Waals surface area contributed by atoms with E-state index in [9.17, 15) is 5.11 Å². The van der Waals surface area contributed by atoms with Crippen molar-refractivity contribution >= 4 is 16.5 Å². The Labute approximate surface area is 107 Å². The number of hydrogen-bond donors (Lipinski definition) is 3. The molecule has 3 rings (SSSR count). The van der Waals surface area contributed by atoms with E-state index in [0.29, 0.717) is 11.8 Å². The normalized spacial score (nSPS) is 16.9. The zero-order chi connectivity index (χ0) is 12.4. The fraction of sp³-hybridized carbons (Fsp3) is 0.333. The van der Waals surface area contributed by atoms with Crippen LogP contribution in [0.1, 0.15) is 12.8 Å². The van der Waals surface area contributed by atoms with Gasteiger partial charge in [0.1, 0.15) is 5.75 Å². The first-order valence-electron chi connectivity index (χ1n) is 6.52. The first kappa shape index (κ1) is 11.4. The van der Waals surface area contributed by atoms with Crippen LogP contribution in [0, 0.1) is 0 Å². The van der Waals surface area contributed by atoms with E-state index < -0.39 is 0 Å². The van der Waals surface area contributed by atoms with Crippen LogP contribution in [0.25, 0.3) is 10.8 Å². The summed E-state index contributed by atoms with van der Waals surface area (Å²) in [6.07, 6.45) is 2.30. The van der Waals surface area contributed by atoms with E-state index in [1.807, 2.05) is 18.2 Å². The van der Waals surface area contributed by atoms with Gasteiger partial charge in [0.15, 0.2) is 0 Å². The molecule has 94 valence electrons. The fourth-order valence-corrected chi connectivity index (χ4v) is 2.61. The molecule has 0 radical (unpaired) electrons. The number of aromatic hydroxyl groups is 1. The Bertz CT molecular complexity index is 547. The molecule has 3 N–H and O–H groups in total. The van der Waals surface area contributed by atoms with Gasteiger partial charge in [-0.25, -0.2) is 0 Å². The average molecular weight is 242 g/mol. The molecule has 0 amide bonds. The highest BCUT2D eigenvalue weighted by molar-refractivity contribution is 5.97. The van der Waals surface area contributed by atoms with Gasteiger partial charge in [0.05, 0.1) is 0 Å². The zero-order valence-electron chi connectivity index (χ0n) is 10.3. The van der Waals surface area contributed by atoms with Gasteiger partial charge in [-0.1, -0.05) is 24.3 Å². The Hall–Kier alpha value is -1.74. The molecule has 18 heavy (non-hydrogen) atoms. The second-order valence-corrected chi connectivity index (χ2v) is 4.85. The number of phenolic OH excluding ortho intramolecular Hbond substituents is 1. The summed E-state index contributed by atoms with van der Waals surface area (Å²) < 4.78 is 0. The second-order valence-electron chi connectivity index (χ2n) is 4.85. The summed E-state index contributed by atoms with van der Waals surface area (Å²) in [5.74, 6) is 0.349. The number of benzene rings is 2. The summed E-state index contributed by atoms with van der Waals surface area (Å²) in [4.78, 5) is 0. The predicted octanol–water partition coefficient (Wildman–Crippen LogP) is 2.71. The molecule has 2 aromatic rings. The minimum Gasteiger partial charge on any atom is -0.507 e. The number of anilines is 1. The highest BCUT2D eigenvalue weighted by Gasteiger charge is 2.13. The van der Waals surface area contributed by atoms with Crippen LogP contribution in [0.5, 0.6) is 5.75 Å². The first-order chi connectivity index (χ1) is 8.84. The molecule has 1 saturated heterocycles. The quantitative estimate of drug-likeness (QED) is 0.758. The topological polar surface area (TPSA) is 44.3 Å². The van der Waals surface area contributed by atoms with Crippen molar-refractivity contribution < 1.29 is 5.11 Å². The monoisotopic (exact) mass is 242 g/mol. The van der Waals surface area contributed by atoms with E-state index >= 15 is 0 Å². The molecule has 1 aliphatic rings. The van der Waals surface area contributed by atoms with Gasteiger partial charge in [-0.3, -0.25) is 0 Å². The molecule has 1 fully saturated rings. The number of rotatable bonds is 2. The fourth-order valence-electron chi connectivity index (χ4n) is 2.61. The Kier molecular flexibility index (Phi) is 3.07. The third-order valence-corrected chi connectivity index (χ3v) is 3.60. The molecule has 0 spiro atoms. The van der Waals surface area contributed by atoms with Crippen LogP contribution in [0.15, 0.2) is 36.4 Å². The maximum Gasteiger partial charge on any atom is 0.123 e. The number of fused-ring (bicyclic) bond motifs is 1. The van der Waals surface area contributed by atoms with Crippen LogP contribution in [0.2, 0.25) is 0 Å². The van der Waals surface area contributed by atoms with Crippen LogP contribution in [-0.2, 0) is 0 Å². The van der Waals surface area contributed by atoms with E-state index in [4.69, 9.17) is 0 Å². The van der Waals surface area contributed by atoms with Crippen LogP contribution in [0.3, 0.4) is 0 Å². The van der Waals surface area contributed by atoms with Crippen LogP contribution in [-0.4, -0.2) is 24.2 Å². The maximum atomic E-state index is 9.86. The highest BCUT2D eigenvalue weighted by atomic mass is 16.3. The lowest BCUT2D eigenvalue weighted by atomic mass is 10.0. The summed E-state index contributed by atoms with van der Waals surface area (Å²) in [6, 6.07) is 12.2. The lowest BCUT2D eigenvalue weighted by molar-refractivity contribution is 0.479. The molecular formula is C15H18N2O. The molecule has 2 aromatic carbocycles. The third-order valence-electron chi connectivity index (χ3n) is 3.60. The van der Waals surface area contributed by atoms with Gasteiger partial charge in [0, 0.05) is 22.5 Å². The molecule has 0 aromatic heterocycles. The van der Waals surface area contributed by atoms with Gasteiger partial charge >= 0.3 is 0 Å². The molecule has 0 saturated carbocycles. The van der Waals surface area contributed by atoms with Gasteiger partial charge in [-0.05, 0) is 38.1 Å². The van der Waals surface area contributed by atoms with Gasteiger partial charge in [-0.15, -0.1) is 0 Å². The molecule has 0 bridgehead atoms. The van der Waals surface area contributed by atoms with Crippen molar-refractivity contribution in [2.24, 2.45) is 0 Å². The molecule has 1 heterocycles. The Morgan fingerprint density at radius 3 is 2.56 bits per heavy atom. The van der Waals surface area contributed by atoms with Crippen molar-refractivity contribution in [1.29, 1.82) is 0 Å². The Balaban J connectivity index is 1.93. The molecule has 0 unspecified atom stereocenters. The summed E-state index contributed by atoms with van der Waals surface area (Å²) >= 11 is 0. The second kappa shape index (κ2) is 4.86. The number of piperidine rings is 1. The number of phenols is 1. The SMILES string of the molecule is Oc1cccc2c(NC3CCNCC3)cccc12. The Morgan fingerprint density at radius 1 is 1.00 bits per heavy atom. The maximum absolute atomic E-state index is 9.86. The molecule has 0 aliphatic carbocycles. The van der Waals surface area contributed by atoms with Gasteiger partial charge < -0.3 is 15.7 Å². The summed E-state index contributed by atoms with van der Waals surface area (Å²) in [7, 11) is 0. The van der Waals surface area contributed by atoms with E-state index in [0.717, 1.165) is 42.4 Å². The lowest BCUT2D eigenvalue weighted by Gasteiger charge is -2.25. The van der Waals surface area contributed by atoms with Crippen LogP contribution < -0.4 is 10.6 Å². The average Bonchev–Trinajstić information content (AvgIpc) is 2.41. The number of hydrogen-bond acceptors (Lipinski definition) is 3. The minimum atomic E-state index is 0.349. The van der Waals surface area contributed by atoms with Crippen LogP contribution in [0.4, 0.5) is 5.69 Å². The summed E-state index contributed by atoms with van der Waals surface area (Å²) in [5, 5.41) is 18.8.